The van der Waals surface area contributed by atoms with Gasteiger partial charge in [-0.05, 0) is 31.0 Å². The minimum atomic E-state index is -0.435. The van der Waals surface area contributed by atoms with Gasteiger partial charge in [-0.25, -0.2) is 0 Å². The number of ether oxygens (including phenoxy) is 2. The second-order valence-electron chi connectivity index (χ2n) is 3.42. The molecule has 1 atom stereocenters. The zero-order chi connectivity index (χ0) is 11.1. The first kappa shape index (κ1) is 12.0. The van der Waals surface area contributed by atoms with E-state index in [4.69, 9.17) is 9.47 Å². The van der Waals surface area contributed by atoms with Crippen molar-refractivity contribution in [2.45, 2.75) is 26.4 Å². The Morgan fingerprint density at radius 3 is 2.47 bits per heavy atom. The molecule has 0 aromatic heterocycles. The molecule has 15 heavy (non-hydrogen) atoms. The van der Waals surface area contributed by atoms with Gasteiger partial charge < -0.3 is 14.6 Å². The molecule has 0 fully saturated rings. The average molecular weight is 210 g/mol. The van der Waals surface area contributed by atoms with E-state index in [0.29, 0.717) is 6.61 Å². The number of hydrogen-bond donors (Lipinski definition) is 1. The van der Waals surface area contributed by atoms with Crippen molar-refractivity contribution >= 4 is 0 Å². The van der Waals surface area contributed by atoms with Gasteiger partial charge in [-0.1, -0.05) is 19.1 Å². The van der Waals surface area contributed by atoms with Crippen LogP contribution in [0.1, 0.15) is 31.9 Å². The van der Waals surface area contributed by atoms with E-state index in [-0.39, 0.29) is 6.79 Å². The van der Waals surface area contributed by atoms with Crippen LogP contribution in [0.4, 0.5) is 0 Å². The molecule has 0 aliphatic rings. The first-order valence-electron chi connectivity index (χ1n) is 5.22. The Kier molecular flexibility index (Phi) is 5.15. The number of rotatable bonds is 6. The Hall–Kier alpha value is -1.06. The molecule has 0 saturated heterocycles. The third-order valence-electron chi connectivity index (χ3n) is 2.02. The van der Waals surface area contributed by atoms with Crippen LogP contribution in [-0.4, -0.2) is 18.5 Å². The first-order chi connectivity index (χ1) is 7.24. The Labute approximate surface area is 90.6 Å². The van der Waals surface area contributed by atoms with Crippen molar-refractivity contribution in [3.05, 3.63) is 29.8 Å². The lowest BCUT2D eigenvalue weighted by molar-refractivity contribution is 0.0156. The molecular weight excluding hydrogens is 192 g/mol. The summed E-state index contributed by atoms with van der Waals surface area (Å²) in [5, 5.41) is 9.30. The Balaban J connectivity index is 2.36. The third kappa shape index (κ3) is 4.32. The van der Waals surface area contributed by atoms with E-state index < -0.39 is 6.10 Å². The topological polar surface area (TPSA) is 38.7 Å². The van der Waals surface area contributed by atoms with Gasteiger partial charge >= 0.3 is 0 Å². The molecule has 0 bridgehead atoms. The summed E-state index contributed by atoms with van der Waals surface area (Å²) in [6, 6.07) is 7.36. The van der Waals surface area contributed by atoms with Crippen LogP contribution < -0.4 is 4.74 Å². The van der Waals surface area contributed by atoms with Crippen molar-refractivity contribution in [2.75, 3.05) is 13.4 Å². The molecule has 1 unspecified atom stereocenters. The predicted molar refractivity (Wildman–Crippen MR) is 58.8 cm³/mol. The van der Waals surface area contributed by atoms with Crippen molar-refractivity contribution in [3.8, 4) is 5.75 Å². The fraction of sp³-hybridized carbons (Fsp3) is 0.500. The number of aliphatic hydroxyl groups excluding tert-OH is 1. The monoisotopic (exact) mass is 210 g/mol. The lowest BCUT2D eigenvalue weighted by atomic mass is 10.1. The minimum absolute atomic E-state index is 0.280. The van der Waals surface area contributed by atoms with Crippen LogP contribution in [-0.2, 0) is 4.74 Å². The normalized spacial score (nSPS) is 12.5. The lowest BCUT2D eigenvalue weighted by Crippen LogP contribution is -2.03. The minimum Gasteiger partial charge on any atom is -0.468 e. The molecular formula is C12H18O3. The molecule has 0 amide bonds. The highest BCUT2D eigenvalue weighted by atomic mass is 16.7. The Bertz CT molecular complexity index is 267. The molecule has 1 aromatic carbocycles. The molecule has 1 N–H and O–H groups in total. The maximum absolute atomic E-state index is 9.30. The number of benzene rings is 1. The smallest absolute Gasteiger partial charge is 0.189 e. The molecule has 1 rings (SSSR count). The summed E-state index contributed by atoms with van der Waals surface area (Å²) in [5.74, 6) is 0.760. The summed E-state index contributed by atoms with van der Waals surface area (Å²) in [6.45, 7) is 4.78. The molecule has 0 spiro atoms. The van der Waals surface area contributed by atoms with Crippen LogP contribution >= 0.6 is 0 Å². The lowest BCUT2D eigenvalue weighted by Gasteiger charge is -2.08. The fourth-order valence-electron chi connectivity index (χ4n) is 1.16. The van der Waals surface area contributed by atoms with Crippen LogP contribution in [0.3, 0.4) is 0 Å². The summed E-state index contributed by atoms with van der Waals surface area (Å²) in [5.41, 5.74) is 0.886. The van der Waals surface area contributed by atoms with Gasteiger partial charge in [0, 0.05) is 0 Å². The molecule has 84 valence electrons. The summed E-state index contributed by atoms with van der Waals surface area (Å²) >= 11 is 0. The summed E-state index contributed by atoms with van der Waals surface area (Å²) in [7, 11) is 0. The van der Waals surface area contributed by atoms with Crippen molar-refractivity contribution < 1.29 is 14.6 Å². The zero-order valence-electron chi connectivity index (χ0n) is 9.27. The number of hydrogen-bond acceptors (Lipinski definition) is 3. The first-order valence-corrected chi connectivity index (χ1v) is 5.22. The van der Waals surface area contributed by atoms with Crippen molar-refractivity contribution in [1.82, 2.24) is 0 Å². The van der Waals surface area contributed by atoms with E-state index in [9.17, 15) is 5.11 Å². The highest BCUT2D eigenvalue weighted by Crippen LogP contribution is 2.17. The van der Waals surface area contributed by atoms with Gasteiger partial charge in [-0.15, -0.1) is 0 Å². The quantitative estimate of drug-likeness (QED) is 0.579. The van der Waals surface area contributed by atoms with Crippen LogP contribution in [0.2, 0.25) is 0 Å². The second-order valence-corrected chi connectivity index (χ2v) is 3.42. The van der Waals surface area contributed by atoms with Crippen LogP contribution in [0.25, 0.3) is 0 Å². The molecule has 3 nitrogen and oxygen atoms in total. The van der Waals surface area contributed by atoms with E-state index in [1.807, 2.05) is 24.3 Å². The van der Waals surface area contributed by atoms with Crippen molar-refractivity contribution in [2.24, 2.45) is 0 Å². The molecule has 0 saturated carbocycles. The van der Waals surface area contributed by atoms with Crippen molar-refractivity contribution in [1.29, 1.82) is 0 Å². The maximum atomic E-state index is 9.30. The van der Waals surface area contributed by atoms with Gasteiger partial charge in [-0.2, -0.15) is 0 Å². The van der Waals surface area contributed by atoms with E-state index in [0.717, 1.165) is 17.7 Å². The van der Waals surface area contributed by atoms with E-state index in [1.165, 1.54) is 0 Å². The van der Waals surface area contributed by atoms with Gasteiger partial charge in [0.2, 0.25) is 0 Å². The van der Waals surface area contributed by atoms with Crippen molar-refractivity contribution in [3.63, 3.8) is 0 Å². The van der Waals surface area contributed by atoms with Gasteiger partial charge in [0.15, 0.2) is 6.79 Å². The number of aliphatic hydroxyl groups is 1. The van der Waals surface area contributed by atoms with Gasteiger partial charge in [0.1, 0.15) is 5.75 Å². The largest absolute Gasteiger partial charge is 0.468 e. The maximum Gasteiger partial charge on any atom is 0.189 e. The van der Waals surface area contributed by atoms with Crippen LogP contribution in [0.5, 0.6) is 5.75 Å². The van der Waals surface area contributed by atoms with Crippen LogP contribution in [0.15, 0.2) is 24.3 Å². The Morgan fingerprint density at radius 2 is 1.93 bits per heavy atom. The average Bonchev–Trinajstić information content (AvgIpc) is 2.25. The van der Waals surface area contributed by atoms with E-state index in [1.54, 1.807) is 6.92 Å². The second kappa shape index (κ2) is 6.43. The molecule has 1 aromatic rings. The fourth-order valence-corrected chi connectivity index (χ4v) is 1.16. The molecule has 0 aliphatic heterocycles. The summed E-state index contributed by atoms with van der Waals surface area (Å²) in [6.07, 6.45) is 0.556. The molecule has 0 heterocycles. The highest BCUT2D eigenvalue weighted by molar-refractivity contribution is 5.28. The SMILES string of the molecule is CCCOCOc1ccc(C(C)O)cc1. The molecule has 0 radical (unpaired) electrons. The highest BCUT2D eigenvalue weighted by Gasteiger charge is 2.00. The third-order valence-corrected chi connectivity index (χ3v) is 2.02. The predicted octanol–water partition coefficient (Wildman–Crippen LogP) is 2.50. The standard InChI is InChI=1S/C12H18O3/c1-3-8-14-9-15-12-6-4-11(5-7-12)10(2)13/h4-7,10,13H,3,8-9H2,1-2H3. The molecule has 0 aliphatic carbocycles. The zero-order valence-corrected chi connectivity index (χ0v) is 9.27. The van der Waals surface area contributed by atoms with Gasteiger partial charge in [0.25, 0.3) is 0 Å². The van der Waals surface area contributed by atoms with Gasteiger partial charge in [-0.3, -0.25) is 0 Å². The summed E-state index contributed by atoms with van der Waals surface area (Å²) in [4.78, 5) is 0. The van der Waals surface area contributed by atoms with E-state index in [2.05, 4.69) is 6.92 Å². The van der Waals surface area contributed by atoms with Gasteiger partial charge in [0.05, 0.1) is 12.7 Å². The molecule has 3 heteroatoms. The summed E-state index contributed by atoms with van der Waals surface area (Å²) < 4.78 is 10.5. The van der Waals surface area contributed by atoms with Crippen LogP contribution in [0, 0.1) is 0 Å². The van der Waals surface area contributed by atoms with E-state index >= 15 is 0 Å². The Morgan fingerprint density at radius 1 is 1.27 bits per heavy atom.